The van der Waals surface area contributed by atoms with Gasteiger partial charge < -0.3 is 16.0 Å². The molecule has 0 aromatic heterocycles. The molecule has 0 aliphatic carbocycles. The lowest BCUT2D eigenvalue weighted by molar-refractivity contribution is -0.138. The highest BCUT2D eigenvalue weighted by Gasteiger charge is 2.31. The Kier molecular flexibility index (Phi) is 5.37. The Morgan fingerprint density at radius 1 is 1.30 bits per heavy atom. The van der Waals surface area contributed by atoms with Crippen molar-refractivity contribution in [3.63, 3.8) is 0 Å². The second-order valence-electron chi connectivity index (χ2n) is 5.74. The monoisotopic (exact) mass is 282 g/mol. The van der Waals surface area contributed by atoms with Crippen LogP contribution < -0.4 is 11.1 Å². The zero-order chi connectivity index (χ0) is 14.5. The number of carbonyl (C=O) groups is 2. The molecule has 2 aliphatic rings. The van der Waals surface area contributed by atoms with Crippen molar-refractivity contribution >= 4 is 11.8 Å². The van der Waals surface area contributed by atoms with E-state index < -0.39 is 0 Å². The highest BCUT2D eigenvalue weighted by molar-refractivity contribution is 5.83. The van der Waals surface area contributed by atoms with Gasteiger partial charge in [-0.2, -0.15) is 0 Å². The molecule has 0 radical (unpaired) electrons. The van der Waals surface area contributed by atoms with Gasteiger partial charge in [0.1, 0.15) is 6.04 Å². The summed E-state index contributed by atoms with van der Waals surface area (Å²) in [6, 6.07) is 0.00348. The van der Waals surface area contributed by atoms with Crippen molar-refractivity contribution in [1.82, 2.24) is 15.1 Å². The molecule has 0 bridgehead atoms. The van der Waals surface area contributed by atoms with Crippen LogP contribution in [0.1, 0.15) is 32.6 Å². The minimum atomic E-state index is -0.363. The van der Waals surface area contributed by atoms with Gasteiger partial charge in [0, 0.05) is 32.2 Å². The summed E-state index contributed by atoms with van der Waals surface area (Å²) in [4.78, 5) is 27.9. The maximum atomic E-state index is 12.5. The Balaban J connectivity index is 1.96. The summed E-state index contributed by atoms with van der Waals surface area (Å²) >= 11 is 0. The highest BCUT2D eigenvalue weighted by Crippen LogP contribution is 2.20. The second kappa shape index (κ2) is 7.04. The average Bonchev–Trinajstić information content (AvgIpc) is 2.47. The lowest BCUT2D eigenvalue weighted by Gasteiger charge is -2.39. The van der Waals surface area contributed by atoms with Gasteiger partial charge in [0.15, 0.2) is 0 Å². The number of primary amides is 1. The zero-order valence-corrected chi connectivity index (χ0v) is 12.3. The van der Waals surface area contributed by atoms with Crippen LogP contribution >= 0.6 is 0 Å². The number of nitrogens with two attached hydrogens (primary N) is 1. The van der Waals surface area contributed by atoms with E-state index in [0.29, 0.717) is 25.7 Å². The van der Waals surface area contributed by atoms with Crippen molar-refractivity contribution < 1.29 is 9.59 Å². The first-order chi connectivity index (χ1) is 9.63. The minimum Gasteiger partial charge on any atom is -0.368 e. The van der Waals surface area contributed by atoms with Crippen LogP contribution in [-0.2, 0) is 9.59 Å². The smallest absolute Gasteiger partial charge is 0.237 e. The van der Waals surface area contributed by atoms with Crippen LogP contribution in [0.4, 0.5) is 0 Å². The van der Waals surface area contributed by atoms with E-state index in [1.54, 1.807) is 0 Å². The molecule has 2 saturated heterocycles. The lowest BCUT2D eigenvalue weighted by atomic mass is 10.00. The third kappa shape index (κ3) is 3.49. The molecule has 6 nitrogen and oxygen atoms in total. The Bertz CT molecular complexity index is 361. The normalized spacial score (nSPS) is 28.4. The highest BCUT2D eigenvalue weighted by atomic mass is 16.2. The Morgan fingerprint density at radius 2 is 2.10 bits per heavy atom. The van der Waals surface area contributed by atoms with Gasteiger partial charge in [-0.15, -0.1) is 0 Å². The molecule has 2 rings (SSSR count). The van der Waals surface area contributed by atoms with Crippen LogP contribution in [0.3, 0.4) is 0 Å². The van der Waals surface area contributed by atoms with Crippen LogP contribution in [0, 0.1) is 0 Å². The number of piperidine rings is 1. The number of likely N-dealkylation sites (tertiary alicyclic amines) is 1. The van der Waals surface area contributed by atoms with Gasteiger partial charge in [-0.05, 0) is 25.7 Å². The Morgan fingerprint density at radius 3 is 2.80 bits per heavy atom. The van der Waals surface area contributed by atoms with E-state index >= 15 is 0 Å². The molecule has 20 heavy (non-hydrogen) atoms. The molecule has 0 aromatic rings. The average molecular weight is 282 g/mol. The predicted octanol–water partition coefficient (Wildman–Crippen LogP) is -0.463. The molecule has 2 aliphatic heterocycles. The fraction of sp³-hybridized carbons (Fsp3) is 0.857. The SMILES string of the molecule is CCC1CCCCN1C(=O)CN1CCNCC1C(N)=O. The fourth-order valence-corrected chi connectivity index (χ4v) is 3.23. The summed E-state index contributed by atoms with van der Waals surface area (Å²) in [7, 11) is 0. The Labute approximate surface area is 120 Å². The second-order valence-corrected chi connectivity index (χ2v) is 5.74. The number of amides is 2. The van der Waals surface area contributed by atoms with Crippen LogP contribution in [0.2, 0.25) is 0 Å². The molecule has 2 amide bonds. The van der Waals surface area contributed by atoms with Gasteiger partial charge in [-0.25, -0.2) is 0 Å². The van der Waals surface area contributed by atoms with Crippen molar-refractivity contribution in [2.45, 2.75) is 44.7 Å². The first kappa shape index (κ1) is 15.3. The quantitative estimate of drug-likeness (QED) is 0.731. The number of nitrogens with zero attached hydrogens (tertiary/aromatic N) is 2. The van der Waals surface area contributed by atoms with Gasteiger partial charge in [0.2, 0.25) is 11.8 Å². The topological polar surface area (TPSA) is 78.7 Å². The first-order valence-corrected chi connectivity index (χ1v) is 7.67. The number of piperazine rings is 1. The molecule has 2 unspecified atom stereocenters. The van der Waals surface area contributed by atoms with Crippen molar-refractivity contribution in [3.8, 4) is 0 Å². The van der Waals surface area contributed by atoms with E-state index in [1.165, 1.54) is 6.42 Å². The summed E-state index contributed by atoms with van der Waals surface area (Å²) in [6.07, 6.45) is 4.40. The molecule has 2 heterocycles. The standard InChI is InChI=1S/C14H26N4O2/c1-2-11-5-3-4-7-18(11)13(19)10-17-8-6-16-9-12(17)14(15)20/h11-12,16H,2-10H2,1H3,(H2,15,20). The first-order valence-electron chi connectivity index (χ1n) is 7.67. The fourth-order valence-electron chi connectivity index (χ4n) is 3.23. The maximum absolute atomic E-state index is 12.5. The number of nitrogens with one attached hydrogen (secondary N) is 1. The number of rotatable bonds is 4. The van der Waals surface area contributed by atoms with Gasteiger partial charge in [-0.1, -0.05) is 6.92 Å². The number of hydrogen-bond donors (Lipinski definition) is 2. The van der Waals surface area contributed by atoms with Crippen LogP contribution in [0.15, 0.2) is 0 Å². The molecule has 6 heteroatoms. The molecular formula is C14H26N4O2. The van der Waals surface area contributed by atoms with E-state index in [-0.39, 0.29) is 17.9 Å². The predicted molar refractivity (Wildman–Crippen MR) is 77.1 cm³/mol. The van der Waals surface area contributed by atoms with E-state index in [0.717, 1.165) is 32.4 Å². The third-order valence-electron chi connectivity index (χ3n) is 4.44. The van der Waals surface area contributed by atoms with Crippen LogP contribution in [-0.4, -0.2) is 66.4 Å². The van der Waals surface area contributed by atoms with Crippen molar-refractivity contribution in [2.24, 2.45) is 5.73 Å². The summed E-state index contributed by atoms with van der Waals surface area (Å²) in [6.45, 7) is 5.34. The molecule has 2 fully saturated rings. The van der Waals surface area contributed by atoms with Crippen LogP contribution in [0.25, 0.3) is 0 Å². The molecule has 0 spiro atoms. The third-order valence-corrected chi connectivity index (χ3v) is 4.44. The van der Waals surface area contributed by atoms with Gasteiger partial charge in [0.25, 0.3) is 0 Å². The summed E-state index contributed by atoms with van der Waals surface area (Å²) in [5.41, 5.74) is 5.42. The van der Waals surface area contributed by atoms with E-state index in [2.05, 4.69) is 12.2 Å². The number of carbonyl (C=O) groups excluding carboxylic acids is 2. The molecule has 2 atom stereocenters. The van der Waals surface area contributed by atoms with E-state index in [9.17, 15) is 9.59 Å². The summed E-state index contributed by atoms with van der Waals surface area (Å²) in [5.74, 6) is -0.208. The Hall–Kier alpha value is -1.14. The van der Waals surface area contributed by atoms with Gasteiger partial charge in [0.05, 0.1) is 6.54 Å². The largest absolute Gasteiger partial charge is 0.368 e. The van der Waals surface area contributed by atoms with Gasteiger partial charge in [-0.3, -0.25) is 14.5 Å². The van der Waals surface area contributed by atoms with Crippen molar-refractivity contribution in [3.05, 3.63) is 0 Å². The lowest BCUT2D eigenvalue weighted by Crippen LogP contribution is -2.59. The molecule has 0 saturated carbocycles. The number of hydrogen-bond acceptors (Lipinski definition) is 4. The maximum Gasteiger partial charge on any atom is 0.237 e. The summed E-state index contributed by atoms with van der Waals surface area (Å²) < 4.78 is 0. The molecule has 114 valence electrons. The van der Waals surface area contributed by atoms with Gasteiger partial charge >= 0.3 is 0 Å². The zero-order valence-electron chi connectivity index (χ0n) is 12.3. The van der Waals surface area contributed by atoms with Crippen LogP contribution in [0.5, 0.6) is 0 Å². The summed E-state index contributed by atoms with van der Waals surface area (Å²) in [5, 5.41) is 3.15. The van der Waals surface area contributed by atoms with Crippen molar-refractivity contribution in [2.75, 3.05) is 32.7 Å². The minimum absolute atomic E-state index is 0.143. The van der Waals surface area contributed by atoms with E-state index in [1.807, 2.05) is 9.80 Å². The molecular weight excluding hydrogens is 256 g/mol. The molecule has 0 aromatic carbocycles. The molecule has 3 N–H and O–H groups in total. The van der Waals surface area contributed by atoms with E-state index in [4.69, 9.17) is 5.73 Å². The van der Waals surface area contributed by atoms with Crippen molar-refractivity contribution in [1.29, 1.82) is 0 Å².